The van der Waals surface area contributed by atoms with Crippen LogP contribution in [0.3, 0.4) is 0 Å². The maximum Gasteiger partial charge on any atom is 0.259 e. The number of rotatable bonds is 4. The highest BCUT2D eigenvalue weighted by molar-refractivity contribution is 6.03. The van der Waals surface area contributed by atoms with E-state index in [9.17, 15) is 4.79 Å². The second-order valence-corrected chi connectivity index (χ2v) is 5.73. The van der Waals surface area contributed by atoms with Crippen LogP contribution in [0.1, 0.15) is 42.5 Å². The molecule has 0 radical (unpaired) electrons. The van der Waals surface area contributed by atoms with Crippen molar-refractivity contribution < 1.29 is 9.32 Å². The molecule has 0 aromatic carbocycles. The first-order valence-corrected chi connectivity index (χ1v) is 7.69. The summed E-state index contributed by atoms with van der Waals surface area (Å²) in [6.07, 6.45) is 9.44. The van der Waals surface area contributed by atoms with Gasteiger partial charge in [-0.3, -0.25) is 9.78 Å². The average molecular weight is 300 g/mol. The summed E-state index contributed by atoms with van der Waals surface area (Å²) < 4.78 is 5.00. The maximum absolute atomic E-state index is 12.5. The summed E-state index contributed by atoms with van der Waals surface area (Å²) in [6, 6.07) is 3.60. The quantitative estimate of drug-likeness (QED) is 0.905. The monoisotopic (exact) mass is 300 g/mol. The van der Waals surface area contributed by atoms with Crippen LogP contribution in [-0.2, 0) is 0 Å². The van der Waals surface area contributed by atoms with Crippen LogP contribution in [0.4, 0.5) is 5.88 Å². The van der Waals surface area contributed by atoms with Gasteiger partial charge < -0.3 is 15.6 Å². The van der Waals surface area contributed by atoms with Crippen LogP contribution in [0.5, 0.6) is 0 Å². The van der Waals surface area contributed by atoms with Crippen LogP contribution in [0.15, 0.2) is 29.0 Å². The Hall–Kier alpha value is -2.37. The zero-order valence-electron chi connectivity index (χ0n) is 12.4. The Labute approximate surface area is 129 Å². The molecule has 22 heavy (non-hydrogen) atoms. The van der Waals surface area contributed by atoms with Crippen molar-refractivity contribution in [3.05, 3.63) is 30.1 Å². The molecule has 1 fully saturated rings. The fourth-order valence-corrected chi connectivity index (χ4v) is 2.94. The lowest BCUT2D eigenvalue weighted by Crippen LogP contribution is -2.30. The molecule has 0 unspecified atom stereocenters. The van der Waals surface area contributed by atoms with Gasteiger partial charge in [0.2, 0.25) is 5.88 Å². The number of nitrogens with one attached hydrogen (secondary N) is 1. The third-order valence-electron chi connectivity index (χ3n) is 4.16. The molecule has 1 amide bonds. The number of carbonyl (C=O) groups excluding carboxylic acids is 1. The summed E-state index contributed by atoms with van der Waals surface area (Å²) >= 11 is 0. The first-order chi connectivity index (χ1) is 10.8. The zero-order valence-corrected chi connectivity index (χ0v) is 12.4. The minimum Gasteiger partial charge on any atom is -0.367 e. The Bertz CT molecular complexity index is 633. The Morgan fingerprint density at radius 3 is 2.91 bits per heavy atom. The van der Waals surface area contributed by atoms with E-state index in [2.05, 4.69) is 15.5 Å². The maximum atomic E-state index is 12.5. The molecule has 2 aromatic rings. The van der Waals surface area contributed by atoms with E-state index in [0.717, 1.165) is 0 Å². The van der Waals surface area contributed by atoms with Gasteiger partial charge >= 0.3 is 0 Å². The minimum atomic E-state index is -0.233. The first kappa shape index (κ1) is 14.6. The smallest absolute Gasteiger partial charge is 0.259 e. The molecule has 1 aliphatic rings. The summed E-state index contributed by atoms with van der Waals surface area (Å²) in [5.74, 6) is 0.365. The van der Waals surface area contributed by atoms with Crippen molar-refractivity contribution >= 4 is 11.8 Å². The Morgan fingerprint density at radius 2 is 2.18 bits per heavy atom. The van der Waals surface area contributed by atoms with Gasteiger partial charge in [-0.1, -0.05) is 24.4 Å². The van der Waals surface area contributed by atoms with E-state index in [1.807, 2.05) is 6.07 Å². The number of pyridine rings is 1. The van der Waals surface area contributed by atoms with E-state index in [-0.39, 0.29) is 11.8 Å². The van der Waals surface area contributed by atoms with Crippen molar-refractivity contribution in [1.29, 1.82) is 0 Å². The van der Waals surface area contributed by atoms with Gasteiger partial charge in [0.05, 0.1) is 0 Å². The summed E-state index contributed by atoms with van der Waals surface area (Å²) in [7, 11) is 0. The molecule has 116 valence electrons. The fourth-order valence-electron chi connectivity index (χ4n) is 2.94. The third kappa shape index (κ3) is 3.10. The lowest BCUT2D eigenvalue weighted by atomic mass is 9.89. The molecule has 3 rings (SSSR count). The van der Waals surface area contributed by atoms with Gasteiger partial charge in [0.1, 0.15) is 11.3 Å². The minimum absolute atomic E-state index is 0.0417. The second kappa shape index (κ2) is 6.60. The van der Waals surface area contributed by atoms with Crippen molar-refractivity contribution in [3.8, 4) is 11.3 Å². The van der Waals surface area contributed by atoms with Crippen LogP contribution in [0.2, 0.25) is 0 Å². The molecule has 0 aliphatic heterocycles. The molecule has 1 aliphatic carbocycles. The van der Waals surface area contributed by atoms with Gasteiger partial charge in [-0.2, -0.15) is 0 Å². The molecule has 2 heterocycles. The first-order valence-electron chi connectivity index (χ1n) is 7.69. The van der Waals surface area contributed by atoms with Gasteiger partial charge in [-0.05, 0) is 30.9 Å². The van der Waals surface area contributed by atoms with Crippen LogP contribution in [0.25, 0.3) is 11.3 Å². The molecule has 1 saturated carbocycles. The van der Waals surface area contributed by atoms with Gasteiger partial charge in [-0.15, -0.1) is 0 Å². The molecule has 6 heteroatoms. The van der Waals surface area contributed by atoms with Crippen molar-refractivity contribution in [1.82, 2.24) is 15.5 Å². The molecule has 6 nitrogen and oxygen atoms in total. The van der Waals surface area contributed by atoms with E-state index in [1.54, 1.807) is 18.5 Å². The summed E-state index contributed by atoms with van der Waals surface area (Å²) in [5.41, 5.74) is 7.22. The Balaban J connectivity index is 1.73. The highest BCUT2D eigenvalue weighted by Gasteiger charge is 2.23. The molecule has 0 saturated heterocycles. The number of amides is 1. The predicted molar refractivity (Wildman–Crippen MR) is 83.1 cm³/mol. The number of anilines is 1. The fraction of sp³-hybridized carbons (Fsp3) is 0.438. The van der Waals surface area contributed by atoms with Crippen molar-refractivity contribution in [2.24, 2.45) is 5.92 Å². The molecule has 3 N–H and O–H groups in total. The predicted octanol–water partition coefficient (Wildman–Crippen LogP) is 2.63. The van der Waals surface area contributed by atoms with Crippen molar-refractivity contribution in [2.75, 3.05) is 12.3 Å². The molecular weight excluding hydrogens is 280 g/mol. The second-order valence-electron chi connectivity index (χ2n) is 5.73. The van der Waals surface area contributed by atoms with E-state index in [1.165, 1.54) is 32.1 Å². The van der Waals surface area contributed by atoms with Crippen LogP contribution in [-0.4, -0.2) is 22.6 Å². The van der Waals surface area contributed by atoms with E-state index in [0.29, 0.717) is 29.3 Å². The lowest BCUT2D eigenvalue weighted by molar-refractivity contribution is 0.0944. The van der Waals surface area contributed by atoms with Gasteiger partial charge in [0.25, 0.3) is 5.91 Å². The number of carbonyl (C=O) groups is 1. The van der Waals surface area contributed by atoms with Crippen LogP contribution >= 0.6 is 0 Å². The van der Waals surface area contributed by atoms with E-state index < -0.39 is 0 Å². The highest BCUT2D eigenvalue weighted by atomic mass is 16.5. The van der Waals surface area contributed by atoms with Crippen molar-refractivity contribution in [2.45, 2.75) is 32.1 Å². The van der Waals surface area contributed by atoms with Gasteiger partial charge in [-0.25, -0.2) is 0 Å². The SMILES string of the molecule is Nc1onc(-c2cccnc2)c1C(=O)NCC1CCCCC1. The normalized spacial score (nSPS) is 15.6. The number of nitrogens with zero attached hydrogens (tertiary/aromatic N) is 2. The third-order valence-corrected chi connectivity index (χ3v) is 4.16. The molecule has 2 aromatic heterocycles. The molecule has 0 spiro atoms. The average Bonchev–Trinajstić information content (AvgIpc) is 2.96. The Morgan fingerprint density at radius 1 is 1.36 bits per heavy atom. The van der Waals surface area contributed by atoms with E-state index in [4.69, 9.17) is 10.3 Å². The number of aromatic nitrogens is 2. The zero-order chi connectivity index (χ0) is 15.4. The standard InChI is InChI=1S/C16H20N4O2/c17-15-13(14(20-22-15)12-7-4-8-18-10-12)16(21)19-9-11-5-2-1-3-6-11/h4,7-8,10-11H,1-3,5-6,9,17H2,(H,19,21). The number of nitrogen functional groups attached to an aromatic ring is 1. The van der Waals surface area contributed by atoms with Gasteiger partial charge in [0, 0.05) is 24.5 Å². The van der Waals surface area contributed by atoms with Crippen LogP contribution in [0, 0.1) is 5.92 Å². The van der Waals surface area contributed by atoms with Gasteiger partial charge in [0.15, 0.2) is 0 Å². The largest absolute Gasteiger partial charge is 0.367 e. The number of nitrogens with two attached hydrogens (primary N) is 1. The lowest BCUT2D eigenvalue weighted by Gasteiger charge is -2.21. The summed E-state index contributed by atoms with van der Waals surface area (Å²) in [6.45, 7) is 0.677. The van der Waals surface area contributed by atoms with Crippen molar-refractivity contribution in [3.63, 3.8) is 0 Å². The van der Waals surface area contributed by atoms with Crippen LogP contribution < -0.4 is 11.1 Å². The topological polar surface area (TPSA) is 94.0 Å². The highest BCUT2D eigenvalue weighted by Crippen LogP contribution is 2.27. The summed E-state index contributed by atoms with van der Waals surface area (Å²) in [5, 5.41) is 6.87. The number of hydrogen-bond acceptors (Lipinski definition) is 5. The van der Waals surface area contributed by atoms with E-state index >= 15 is 0 Å². The Kier molecular flexibility index (Phi) is 4.37. The molecule has 0 bridgehead atoms. The molecule has 0 atom stereocenters. The number of hydrogen-bond donors (Lipinski definition) is 2. The summed E-state index contributed by atoms with van der Waals surface area (Å²) in [4.78, 5) is 16.5. The molecular formula is C16H20N4O2.